The van der Waals surface area contributed by atoms with Gasteiger partial charge in [-0.2, -0.15) is 5.26 Å². The van der Waals surface area contributed by atoms with E-state index in [0.717, 1.165) is 5.56 Å². The summed E-state index contributed by atoms with van der Waals surface area (Å²) in [5.74, 6) is 0. The van der Waals surface area contributed by atoms with Gasteiger partial charge in [-0.1, -0.05) is 30.3 Å². The van der Waals surface area contributed by atoms with Crippen LogP contribution < -0.4 is 5.32 Å². The van der Waals surface area contributed by atoms with Crippen LogP contribution in [0.15, 0.2) is 30.3 Å². The number of hydrogen-bond donors (Lipinski definition) is 2. The quantitative estimate of drug-likeness (QED) is 0.824. The highest BCUT2D eigenvalue weighted by atomic mass is 16.6. The average molecular weight is 276 g/mol. The minimum absolute atomic E-state index is 0.356. The van der Waals surface area contributed by atoms with E-state index in [-0.39, 0.29) is 0 Å². The van der Waals surface area contributed by atoms with Gasteiger partial charge in [0.25, 0.3) is 0 Å². The maximum absolute atomic E-state index is 11.7. The molecule has 1 aromatic rings. The first kappa shape index (κ1) is 16.0. The number of carbonyl (C=O) groups is 1. The van der Waals surface area contributed by atoms with Crippen molar-refractivity contribution in [1.29, 1.82) is 5.26 Å². The largest absolute Gasteiger partial charge is 0.444 e. The molecule has 0 aliphatic rings. The minimum Gasteiger partial charge on any atom is -0.444 e. The Balaban J connectivity index is 2.71. The number of hydrogen-bond acceptors (Lipinski definition) is 4. The summed E-state index contributed by atoms with van der Waals surface area (Å²) in [5.41, 5.74) is 0.293. The fourth-order valence-corrected chi connectivity index (χ4v) is 1.66. The van der Waals surface area contributed by atoms with Crippen LogP contribution in [0, 0.1) is 11.3 Å². The zero-order valence-electron chi connectivity index (χ0n) is 12.0. The molecule has 20 heavy (non-hydrogen) atoms. The van der Waals surface area contributed by atoms with Crippen LogP contribution in [-0.2, 0) is 11.2 Å². The van der Waals surface area contributed by atoms with E-state index in [1.54, 1.807) is 26.8 Å². The molecule has 0 heterocycles. The molecule has 1 rings (SSSR count). The van der Waals surface area contributed by atoms with Crippen molar-refractivity contribution in [3.8, 4) is 6.07 Å². The van der Waals surface area contributed by atoms with Crippen LogP contribution in [0.2, 0.25) is 0 Å². The Morgan fingerprint density at radius 3 is 2.50 bits per heavy atom. The normalized spacial score (nSPS) is 13.9. The van der Waals surface area contributed by atoms with Crippen molar-refractivity contribution in [1.82, 2.24) is 5.32 Å². The Hall–Kier alpha value is -2.06. The van der Waals surface area contributed by atoms with E-state index in [2.05, 4.69) is 5.32 Å². The SMILES string of the molecule is CC(C)(C)OC(=O)NC(Cc1ccccc1)C(O)C#N. The summed E-state index contributed by atoms with van der Waals surface area (Å²) >= 11 is 0. The smallest absolute Gasteiger partial charge is 0.408 e. The number of carbonyl (C=O) groups excluding carboxylic acids is 1. The molecule has 0 fully saturated rings. The second-order valence-electron chi connectivity index (χ2n) is 5.52. The van der Waals surface area contributed by atoms with Gasteiger partial charge in [0, 0.05) is 0 Å². The van der Waals surface area contributed by atoms with E-state index in [0.29, 0.717) is 6.42 Å². The molecule has 1 amide bonds. The lowest BCUT2D eigenvalue weighted by atomic mass is 10.0. The van der Waals surface area contributed by atoms with Gasteiger partial charge in [0.05, 0.1) is 12.1 Å². The molecular formula is C15H20N2O3. The van der Waals surface area contributed by atoms with Gasteiger partial charge >= 0.3 is 6.09 Å². The molecule has 0 spiro atoms. The van der Waals surface area contributed by atoms with E-state index in [9.17, 15) is 9.90 Å². The predicted molar refractivity (Wildman–Crippen MR) is 74.9 cm³/mol. The van der Waals surface area contributed by atoms with E-state index >= 15 is 0 Å². The van der Waals surface area contributed by atoms with Crippen molar-refractivity contribution in [3.63, 3.8) is 0 Å². The lowest BCUT2D eigenvalue weighted by Gasteiger charge is -2.24. The lowest BCUT2D eigenvalue weighted by molar-refractivity contribution is 0.0459. The van der Waals surface area contributed by atoms with Crippen molar-refractivity contribution in [2.24, 2.45) is 0 Å². The summed E-state index contributed by atoms with van der Waals surface area (Å²) in [5, 5.41) is 21.1. The summed E-state index contributed by atoms with van der Waals surface area (Å²) in [4.78, 5) is 11.7. The molecule has 2 N–H and O–H groups in total. The zero-order valence-corrected chi connectivity index (χ0v) is 12.0. The van der Waals surface area contributed by atoms with Crippen molar-refractivity contribution < 1.29 is 14.6 Å². The van der Waals surface area contributed by atoms with Crippen molar-refractivity contribution in [2.75, 3.05) is 0 Å². The van der Waals surface area contributed by atoms with Crippen molar-refractivity contribution >= 4 is 6.09 Å². The van der Waals surface area contributed by atoms with E-state index in [4.69, 9.17) is 10.00 Å². The zero-order chi connectivity index (χ0) is 15.2. The standard InChI is InChI=1S/C15H20N2O3/c1-15(2,3)20-14(19)17-12(13(18)10-16)9-11-7-5-4-6-8-11/h4-8,12-13,18H,9H2,1-3H3,(H,17,19). The van der Waals surface area contributed by atoms with Gasteiger partial charge in [-0.15, -0.1) is 0 Å². The molecule has 2 unspecified atom stereocenters. The molecule has 0 saturated heterocycles. The first-order valence-electron chi connectivity index (χ1n) is 6.43. The number of alkyl carbamates (subject to hydrolysis) is 1. The summed E-state index contributed by atoms with van der Waals surface area (Å²) in [6, 6.07) is 10.4. The number of aliphatic hydroxyl groups is 1. The second kappa shape index (κ2) is 6.92. The number of aliphatic hydroxyl groups excluding tert-OH is 1. The monoisotopic (exact) mass is 276 g/mol. The fraction of sp³-hybridized carbons (Fsp3) is 0.467. The van der Waals surface area contributed by atoms with Crippen LogP contribution >= 0.6 is 0 Å². The maximum Gasteiger partial charge on any atom is 0.408 e. The molecule has 0 saturated carbocycles. The second-order valence-corrected chi connectivity index (χ2v) is 5.52. The third-order valence-electron chi connectivity index (χ3n) is 2.51. The minimum atomic E-state index is -1.29. The fourth-order valence-electron chi connectivity index (χ4n) is 1.66. The molecule has 1 aromatic carbocycles. The molecule has 5 nitrogen and oxygen atoms in total. The first-order chi connectivity index (χ1) is 9.31. The van der Waals surface area contributed by atoms with E-state index < -0.39 is 23.8 Å². The number of nitrogens with one attached hydrogen (secondary N) is 1. The van der Waals surface area contributed by atoms with Crippen molar-refractivity contribution in [3.05, 3.63) is 35.9 Å². The third-order valence-corrected chi connectivity index (χ3v) is 2.51. The highest BCUT2D eigenvalue weighted by molar-refractivity contribution is 5.68. The molecule has 2 atom stereocenters. The van der Waals surface area contributed by atoms with Gasteiger partial charge in [-0.25, -0.2) is 4.79 Å². The maximum atomic E-state index is 11.7. The van der Waals surface area contributed by atoms with E-state index in [1.165, 1.54) is 0 Å². The average Bonchev–Trinajstić information content (AvgIpc) is 2.36. The number of nitriles is 1. The van der Waals surface area contributed by atoms with Crippen LogP contribution in [-0.4, -0.2) is 28.9 Å². The van der Waals surface area contributed by atoms with Gasteiger partial charge in [0.1, 0.15) is 5.60 Å². The molecule has 108 valence electrons. The van der Waals surface area contributed by atoms with Crippen LogP contribution in [0.25, 0.3) is 0 Å². The Labute approximate surface area is 119 Å². The van der Waals surface area contributed by atoms with Gasteiger partial charge in [0.15, 0.2) is 6.10 Å². The number of amides is 1. The topological polar surface area (TPSA) is 82.3 Å². The van der Waals surface area contributed by atoms with Crippen molar-refractivity contribution in [2.45, 2.75) is 44.9 Å². The number of benzene rings is 1. The number of rotatable bonds is 4. The van der Waals surface area contributed by atoms with Gasteiger partial charge in [-0.05, 0) is 32.8 Å². The molecular weight excluding hydrogens is 256 g/mol. The Kier molecular flexibility index (Phi) is 5.53. The first-order valence-corrected chi connectivity index (χ1v) is 6.43. The summed E-state index contributed by atoms with van der Waals surface area (Å²) in [6.45, 7) is 5.25. The van der Waals surface area contributed by atoms with Crippen LogP contribution in [0.3, 0.4) is 0 Å². The van der Waals surface area contributed by atoms with E-state index in [1.807, 2.05) is 30.3 Å². The highest BCUT2D eigenvalue weighted by Gasteiger charge is 2.24. The Morgan fingerprint density at radius 1 is 1.40 bits per heavy atom. The molecule has 0 aliphatic heterocycles. The lowest BCUT2D eigenvalue weighted by Crippen LogP contribution is -2.46. The molecule has 0 radical (unpaired) electrons. The summed E-state index contributed by atoms with van der Waals surface area (Å²) < 4.78 is 5.13. The van der Waals surface area contributed by atoms with Crippen LogP contribution in [0.5, 0.6) is 0 Å². The Morgan fingerprint density at radius 2 is 2.00 bits per heavy atom. The van der Waals surface area contributed by atoms with Gasteiger partial charge in [-0.3, -0.25) is 0 Å². The predicted octanol–water partition coefficient (Wildman–Crippen LogP) is 2.01. The number of nitrogens with zero attached hydrogens (tertiary/aromatic N) is 1. The van der Waals surface area contributed by atoms with Gasteiger partial charge < -0.3 is 15.2 Å². The summed E-state index contributed by atoms with van der Waals surface area (Å²) in [7, 11) is 0. The Bertz CT molecular complexity index is 474. The van der Waals surface area contributed by atoms with Crippen LogP contribution in [0.1, 0.15) is 26.3 Å². The molecule has 0 aliphatic carbocycles. The molecule has 0 bridgehead atoms. The molecule has 0 aromatic heterocycles. The number of ether oxygens (including phenoxy) is 1. The summed E-state index contributed by atoms with van der Waals surface area (Å²) in [6.07, 6.45) is -1.58. The highest BCUT2D eigenvalue weighted by Crippen LogP contribution is 2.10. The van der Waals surface area contributed by atoms with Gasteiger partial charge in [0.2, 0.25) is 0 Å². The van der Waals surface area contributed by atoms with Crippen LogP contribution in [0.4, 0.5) is 4.79 Å². The molecule has 5 heteroatoms. The third kappa shape index (κ3) is 5.72.